The number of nitrogens with zero attached hydrogens (tertiary/aromatic N) is 4. The standard InChI is InChI=1S/C18H20N4/c19-8-13-21-11-6-18(7-12-21)16-4-2-1-3-15(16)5-10-22-14-9-20-17(18)22/h1-4,9,14H,5-7,10-13H2. The summed E-state index contributed by atoms with van der Waals surface area (Å²) in [7, 11) is 0. The molecule has 0 N–H and O–H groups in total. The molecule has 4 rings (SSSR count). The van der Waals surface area contributed by atoms with Gasteiger partial charge in [-0.25, -0.2) is 4.98 Å². The molecule has 1 aromatic heterocycles. The van der Waals surface area contributed by atoms with Gasteiger partial charge in [0.05, 0.1) is 18.0 Å². The normalized spacial score (nSPS) is 20.0. The molecule has 0 bridgehead atoms. The molecule has 4 heteroatoms. The molecule has 0 aliphatic carbocycles. The van der Waals surface area contributed by atoms with Gasteiger partial charge in [-0.2, -0.15) is 5.26 Å². The lowest BCUT2D eigenvalue weighted by Crippen LogP contribution is -2.44. The summed E-state index contributed by atoms with van der Waals surface area (Å²) < 4.78 is 2.33. The molecular formula is C18H20N4. The van der Waals surface area contributed by atoms with Gasteiger partial charge in [0.15, 0.2) is 0 Å². The molecule has 1 aromatic carbocycles. The number of aromatic nitrogens is 2. The number of piperidine rings is 1. The van der Waals surface area contributed by atoms with Crippen molar-refractivity contribution in [1.82, 2.24) is 14.5 Å². The topological polar surface area (TPSA) is 44.9 Å². The first-order valence-electron chi connectivity index (χ1n) is 8.03. The Morgan fingerprint density at radius 1 is 1.18 bits per heavy atom. The summed E-state index contributed by atoms with van der Waals surface area (Å²) in [6, 6.07) is 11.1. The summed E-state index contributed by atoms with van der Waals surface area (Å²) in [5, 5.41) is 8.94. The third-order valence-electron chi connectivity index (χ3n) is 5.30. The number of hydrogen-bond donors (Lipinski definition) is 0. The zero-order chi connectivity index (χ0) is 15.0. The van der Waals surface area contributed by atoms with Crippen molar-refractivity contribution >= 4 is 0 Å². The van der Waals surface area contributed by atoms with Gasteiger partial charge in [-0.1, -0.05) is 24.3 Å². The lowest BCUT2D eigenvalue weighted by atomic mass is 9.70. The van der Waals surface area contributed by atoms with E-state index < -0.39 is 0 Å². The van der Waals surface area contributed by atoms with Gasteiger partial charge in [0, 0.05) is 32.0 Å². The summed E-state index contributed by atoms with van der Waals surface area (Å²) in [5.41, 5.74) is 2.93. The summed E-state index contributed by atoms with van der Waals surface area (Å²) in [4.78, 5) is 7.00. The second kappa shape index (κ2) is 5.26. The highest BCUT2D eigenvalue weighted by Gasteiger charge is 2.43. The van der Waals surface area contributed by atoms with Crippen LogP contribution in [0.4, 0.5) is 0 Å². The molecule has 2 aromatic rings. The van der Waals surface area contributed by atoms with Crippen molar-refractivity contribution in [3.05, 3.63) is 53.6 Å². The predicted molar refractivity (Wildman–Crippen MR) is 84.4 cm³/mol. The molecular weight excluding hydrogens is 272 g/mol. The first-order valence-corrected chi connectivity index (χ1v) is 8.03. The van der Waals surface area contributed by atoms with E-state index >= 15 is 0 Å². The Hall–Kier alpha value is -2.12. The molecule has 1 saturated heterocycles. The van der Waals surface area contributed by atoms with Crippen molar-refractivity contribution in [1.29, 1.82) is 5.26 Å². The molecule has 2 aliphatic heterocycles. The molecule has 2 aliphatic rings. The largest absolute Gasteiger partial charge is 0.334 e. The molecule has 22 heavy (non-hydrogen) atoms. The first kappa shape index (κ1) is 13.5. The Balaban J connectivity index is 1.81. The molecule has 0 atom stereocenters. The molecule has 0 amide bonds. The highest BCUT2D eigenvalue weighted by atomic mass is 15.1. The zero-order valence-electron chi connectivity index (χ0n) is 12.7. The number of nitriles is 1. The number of benzene rings is 1. The van der Waals surface area contributed by atoms with Crippen molar-refractivity contribution < 1.29 is 0 Å². The number of rotatable bonds is 1. The third kappa shape index (κ3) is 1.97. The van der Waals surface area contributed by atoms with Crippen LogP contribution in [0.5, 0.6) is 0 Å². The van der Waals surface area contributed by atoms with Gasteiger partial charge in [-0.15, -0.1) is 0 Å². The fraction of sp³-hybridized carbons (Fsp3) is 0.444. The molecule has 3 heterocycles. The van der Waals surface area contributed by atoms with Gasteiger partial charge >= 0.3 is 0 Å². The highest BCUT2D eigenvalue weighted by Crippen LogP contribution is 2.44. The van der Waals surface area contributed by atoms with E-state index in [-0.39, 0.29) is 5.41 Å². The summed E-state index contributed by atoms with van der Waals surface area (Å²) in [6.45, 7) is 3.48. The van der Waals surface area contributed by atoms with Crippen molar-refractivity contribution in [3.8, 4) is 6.07 Å². The van der Waals surface area contributed by atoms with Crippen molar-refractivity contribution in [2.45, 2.75) is 31.2 Å². The number of hydrogen-bond acceptors (Lipinski definition) is 3. The van der Waals surface area contributed by atoms with Crippen LogP contribution in [-0.4, -0.2) is 34.1 Å². The van der Waals surface area contributed by atoms with Crippen LogP contribution >= 0.6 is 0 Å². The minimum Gasteiger partial charge on any atom is -0.334 e. The number of likely N-dealkylation sites (tertiary alicyclic amines) is 1. The van der Waals surface area contributed by atoms with E-state index in [0.717, 1.165) is 38.9 Å². The third-order valence-corrected chi connectivity index (χ3v) is 5.30. The van der Waals surface area contributed by atoms with Crippen molar-refractivity contribution in [2.24, 2.45) is 0 Å². The van der Waals surface area contributed by atoms with Crippen LogP contribution in [0.3, 0.4) is 0 Å². The number of imidazole rings is 1. The maximum Gasteiger partial charge on any atom is 0.119 e. The summed E-state index contributed by atoms with van der Waals surface area (Å²) in [5.74, 6) is 1.22. The van der Waals surface area contributed by atoms with Crippen molar-refractivity contribution in [2.75, 3.05) is 19.6 Å². The van der Waals surface area contributed by atoms with Crippen molar-refractivity contribution in [3.63, 3.8) is 0 Å². The van der Waals surface area contributed by atoms with E-state index in [9.17, 15) is 0 Å². The van der Waals surface area contributed by atoms with Crippen LogP contribution in [0.25, 0.3) is 0 Å². The fourth-order valence-electron chi connectivity index (χ4n) is 4.16. The Labute approximate surface area is 131 Å². The van der Waals surface area contributed by atoms with Gasteiger partial charge in [0.25, 0.3) is 0 Å². The van der Waals surface area contributed by atoms with E-state index in [2.05, 4.69) is 46.0 Å². The van der Waals surface area contributed by atoms with E-state index in [0.29, 0.717) is 6.54 Å². The minimum absolute atomic E-state index is 0.0164. The molecule has 1 fully saturated rings. The van der Waals surface area contributed by atoms with E-state index in [1.165, 1.54) is 17.0 Å². The van der Waals surface area contributed by atoms with Gasteiger partial charge in [0.1, 0.15) is 5.82 Å². The van der Waals surface area contributed by atoms with Gasteiger partial charge < -0.3 is 4.57 Å². The second-order valence-corrected chi connectivity index (χ2v) is 6.37. The maximum atomic E-state index is 8.94. The van der Waals surface area contributed by atoms with Crippen LogP contribution < -0.4 is 0 Å². The van der Waals surface area contributed by atoms with Crippen LogP contribution in [0.2, 0.25) is 0 Å². The SMILES string of the molecule is N#CCN1CCC2(CC1)c1ccccc1CCn1ccnc12. The van der Waals surface area contributed by atoms with Gasteiger partial charge in [-0.05, 0) is 30.4 Å². The number of fused-ring (bicyclic) bond motifs is 4. The molecule has 0 radical (unpaired) electrons. The molecule has 4 nitrogen and oxygen atoms in total. The van der Waals surface area contributed by atoms with E-state index in [4.69, 9.17) is 10.2 Å². The Morgan fingerprint density at radius 3 is 2.82 bits per heavy atom. The maximum absolute atomic E-state index is 8.94. The number of aryl methyl sites for hydroxylation is 2. The Bertz CT molecular complexity index is 717. The fourth-order valence-corrected chi connectivity index (χ4v) is 4.16. The predicted octanol–water partition coefficient (Wildman–Crippen LogP) is 2.34. The first-order chi connectivity index (χ1) is 10.8. The van der Waals surface area contributed by atoms with Crippen LogP contribution in [0, 0.1) is 11.3 Å². The van der Waals surface area contributed by atoms with Crippen LogP contribution in [0.1, 0.15) is 29.8 Å². The smallest absolute Gasteiger partial charge is 0.119 e. The van der Waals surface area contributed by atoms with Gasteiger partial charge in [0.2, 0.25) is 0 Å². The average Bonchev–Trinajstić information content (AvgIpc) is 2.99. The second-order valence-electron chi connectivity index (χ2n) is 6.37. The molecule has 0 unspecified atom stereocenters. The zero-order valence-corrected chi connectivity index (χ0v) is 12.7. The monoisotopic (exact) mass is 292 g/mol. The summed E-state index contributed by atoms with van der Waals surface area (Å²) >= 11 is 0. The lowest BCUT2D eigenvalue weighted by Gasteiger charge is -2.41. The minimum atomic E-state index is 0.0164. The summed E-state index contributed by atoms with van der Waals surface area (Å²) in [6.07, 6.45) is 7.21. The molecule has 112 valence electrons. The Morgan fingerprint density at radius 2 is 2.00 bits per heavy atom. The van der Waals surface area contributed by atoms with Crippen LogP contribution in [-0.2, 0) is 18.4 Å². The Kier molecular flexibility index (Phi) is 3.24. The molecule has 0 saturated carbocycles. The van der Waals surface area contributed by atoms with E-state index in [1.54, 1.807) is 0 Å². The van der Waals surface area contributed by atoms with E-state index in [1.807, 2.05) is 6.20 Å². The lowest BCUT2D eigenvalue weighted by molar-refractivity contribution is 0.189. The highest BCUT2D eigenvalue weighted by molar-refractivity contribution is 5.42. The quantitative estimate of drug-likeness (QED) is 0.758. The van der Waals surface area contributed by atoms with Crippen LogP contribution in [0.15, 0.2) is 36.7 Å². The molecule has 1 spiro atoms. The average molecular weight is 292 g/mol. The van der Waals surface area contributed by atoms with Gasteiger partial charge in [-0.3, -0.25) is 4.90 Å².